The molecule has 4 nitrogen and oxygen atoms in total. The molecule has 0 aliphatic heterocycles. The van der Waals surface area contributed by atoms with Crippen LogP contribution in [-0.4, -0.2) is 26.7 Å². The predicted octanol–water partition coefficient (Wildman–Crippen LogP) is 2.80. The maximum atomic E-state index is 11.8. The van der Waals surface area contributed by atoms with Gasteiger partial charge in [-0.25, -0.2) is 4.79 Å². The van der Waals surface area contributed by atoms with Gasteiger partial charge in [-0.2, -0.15) is 0 Å². The van der Waals surface area contributed by atoms with Crippen LogP contribution in [0.25, 0.3) is 0 Å². The SMILES string of the molecule is COC(=O)c1cccc(N)c1N(C)CCc1cccs1. The van der Waals surface area contributed by atoms with Gasteiger partial charge < -0.3 is 15.4 Å². The highest BCUT2D eigenvalue weighted by molar-refractivity contribution is 7.09. The Balaban J connectivity index is 2.19. The summed E-state index contributed by atoms with van der Waals surface area (Å²) in [7, 11) is 3.31. The lowest BCUT2D eigenvalue weighted by Crippen LogP contribution is -2.24. The number of ether oxygens (including phenoxy) is 1. The Bertz CT molecular complexity index is 582. The van der Waals surface area contributed by atoms with Gasteiger partial charge in [0.1, 0.15) is 0 Å². The summed E-state index contributed by atoms with van der Waals surface area (Å²) in [5, 5.41) is 2.06. The fourth-order valence-electron chi connectivity index (χ4n) is 2.11. The molecule has 2 N–H and O–H groups in total. The van der Waals surface area contributed by atoms with Crippen LogP contribution in [0.5, 0.6) is 0 Å². The van der Waals surface area contributed by atoms with Crippen molar-refractivity contribution in [2.45, 2.75) is 6.42 Å². The molecule has 2 aromatic rings. The third kappa shape index (κ3) is 3.11. The molecule has 0 saturated heterocycles. The average Bonchev–Trinajstić information content (AvgIpc) is 2.97. The molecule has 0 bridgehead atoms. The molecule has 2 rings (SSSR count). The minimum atomic E-state index is -0.365. The molecule has 5 heteroatoms. The van der Waals surface area contributed by atoms with Crippen molar-refractivity contribution in [3.8, 4) is 0 Å². The van der Waals surface area contributed by atoms with Gasteiger partial charge in [0.25, 0.3) is 0 Å². The number of carbonyl (C=O) groups is 1. The highest BCUT2D eigenvalue weighted by atomic mass is 32.1. The van der Waals surface area contributed by atoms with Crippen LogP contribution < -0.4 is 10.6 Å². The number of carbonyl (C=O) groups excluding carboxylic acids is 1. The van der Waals surface area contributed by atoms with Gasteiger partial charge in [0, 0.05) is 18.5 Å². The monoisotopic (exact) mass is 290 g/mol. The van der Waals surface area contributed by atoms with Gasteiger partial charge in [-0.1, -0.05) is 12.1 Å². The van der Waals surface area contributed by atoms with E-state index in [0.717, 1.165) is 18.7 Å². The lowest BCUT2D eigenvalue weighted by atomic mass is 10.1. The Morgan fingerprint density at radius 2 is 2.15 bits per heavy atom. The van der Waals surface area contributed by atoms with Gasteiger partial charge in [0.05, 0.1) is 24.0 Å². The zero-order valence-electron chi connectivity index (χ0n) is 11.6. The van der Waals surface area contributed by atoms with Crippen molar-refractivity contribution in [1.82, 2.24) is 0 Å². The molecular formula is C15H18N2O2S. The number of para-hydroxylation sites is 1. The van der Waals surface area contributed by atoms with E-state index in [9.17, 15) is 4.79 Å². The Morgan fingerprint density at radius 3 is 2.80 bits per heavy atom. The van der Waals surface area contributed by atoms with Crippen LogP contribution in [0.15, 0.2) is 35.7 Å². The van der Waals surface area contributed by atoms with E-state index in [2.05, 4.69) is 11.4 Å². The molecule has 0 radical (unpaired) electrons. The highest BCUT2D eigenvalue weighted by Crippen LogP contribution is 2.28. The van der Waals surface area contributed by atoms with E-state index in [1.165, 1.54) is 12.0 Å². The molecule has 1 heterocycles. The number of nitrogen functional groups attached to an aromatic ring is 1. The number of nitrogens with two attached hydrogens (primary N) is 1. The summed E-state index contributed by atoms with van der Waals surface area (Å²) >= 11 is 1.73. The number of esters is 1. The van der Waals surface area contributed by atoms with Crippen LogP contribution in [0.3, 0.4) is 0 Å². The van der Waals surface area contributed by atoms with E-state index in [1.54, 1.807) is 29.5 Å². The van der Waals surface area contributed by atoms with Crippen molar-refractivity contribution >= 4 is 28.7 Å². The molecular weight excluding hydrogens is 272 g/mol. The fourth-order valence-corrected chi connectivity index (χ4v) is 2.80. The summed E-state index contributed by atoms with van der Waals surface area (Å²) < 4.78 is 4.81. The maximum absolute atomic E-state index is 11.8. The molecule has 0 aliphatic carbocycles. The Hall–Kier alpha value is -2.01. The first kappa shape index (κ1) is 14.4. The van der Waals surface area contributed by atoms with Gasteiger partial charge in [0.2, 0.25) is 0 Å². The number of thiophene rings is 1. The van der Waals surface area contributed by atoms with Crippen molar-refractivity contribution in [3.63, 3.8) is 0 Å². The summed E-state index contributed by atoms with van der Waals surface area (Å²) in [6.45, 7) is 0.790. The van der Waals surface area contributed by atoms with E-state index in [1.807, 2.05) is 18.0 Å². The molecule has 0 spiro atoms. The number of methoxy groups -OCH3 is 1. The summed E-state index contributed by atoms with van der Waals surface area (Å²) in [6.07, 6.45) is 0.920. The first-order chi connectivity index (χ1) is 9.63. The van der Waals surface area contributed by atoms with Gasteiger partial charge in [-0.3, -0.25) is 0 Å². The Labute approximate surface area is 122 Å². The van der Waals surface area contributed by atoms with Gasteiger partial charge >= 0.3 is 5.97 Å². The van der Waals surface area contributed by atoms with Crippen molar-refractivity contribution < 1.29 is 9.53 Å². The van der Waals surface area contributed by atoms with Crippen LogP contribution in [-0.2, 0) is 11.2 Å². The molecule has 0 saturated carbocycles. The van der Waals surface area contributed by atoms with Crippen LogP contribution in [0.1, 0.15) is 15.2 Å². The third-order valence-corrected chi connectivity index (χ3v) is 4.06. The Morgan fingerprint density at radius 1 is 1.35 bits per heavy atom. The summed E-state index contributed by atoms with van der Waals surface area (Å²) in [5.74, 6) is -0.365. The molecule has 106 valence electrons. The fraction of sp³-hybridized carbons (Fsp3) is 0.267. The van der Waals surface area contributed by atoms with Crippen molar-refractivity contribution in [2.24, 2.45) is 0 Å². The lowest BCUT2D eigenvalue weighted by molar-refractivity contribution is 0.0601. The van der Waals surface area contributed by atoms with Crippen LogP contribution in [0.2, 0.25) is 0 Å². The second-order valence-corrected chi connectivity index (χ2v) is 5.52. The molecule has 0 atom stereocenters. The number of rotatable bonds is 5. The number of hydrogen-bond donors (Lipinski definition) is 1. The minimum absolute atomic E-state index is 0.365. The average molecular weight is 290 g/mol. The van der Waals surface area contributed by atoms with Crippen molar-refractivity contribution in [3.05, 3.63) is 46.2 Å². The molecule has 0 fully saturated rings. The standard InChI is InChI=1S/C15H18N2O2S/c1-17(9-8-11-5-4-10-20-11)14-12(15(18)19-2)6-3-7-13(14)16/h3-7,10H,8-9,16H2,1-2H3. The first-order valence-corrected chi connectivity index (χ1v) is 7.21. The quantitative estimate of drug-likeness (QED) is 0.679. The van der Waals surface area contributed by atoms with E-state index in [0.29, 0.717) is 11.3 Å². The largest absolute Gasteiger partial charge is 0.465 e. The third-order valence-electron chi connectivity index (χ3n) is 3.13. The predicted molar refractivity (Wildman–Crippen MR) is 83.5 cm³/mol. The van der Waals surface area contributed by atoms with Gasteiger partial charge in [-0.15, -0.1) is 11.3 Å². The lowest BCUT2D eigenvalue weighted by Gasteiger charge is -2.23. The molecule has 1 aromatic heterocycles. The summed E-state index contributed by atoms with van der Waals surface area (Å²) in [6, 6.07) is 9.44. The number of likely N-dealkylation sites (N-methyl/N-ethyl adjacent to an activating group) is 1. The minimum Gasteiger partial charge on any atom is -0.465 e. The van der Waals surface area contributed by atoms with E-state index in [4.69, 9.17) is 10.5 Å². The maximum Gasteiger partial charge on any atom is 0.340 e. The number of anilines is 2. The van der Waals surface area contributed by atoms with E-state index >= 15 is 0 Å². The van der Waals surface area contributed by atoms with Gasteiger partial charge in [0.15, 0.2) is 0 Å². The van der Waals surface area contributed by atoms with Crippen LogP contribution in [0, 0.1) is 0 Å². The zero-order chi connectivity index (χ0) is 14.5. The van der Waals surface area contributed by atoms with Crippen molar-refractivity contribution in [2.75, 3.05) is 31.3 Å². The van der Waals surface area contributed by atoms with E-state index in [-0.39, 0.29) is 5.97 Å². The Kier molecular flexibility index (Phi) is 4.63. The number of benzene rings is 1. The topological polar surface area (TPSA) is 55.6 Å². The highest BCUT2D eigenvalue weighted by Gasteiger charge is 2.17. The number of nitrogens with zero attached hydrogens (tertiary/aromatic N) is 1. The van der Waals surface area contributed by atoms with Crippen LogP contribution in [0.4, 0.5) is 11.4 Å². The molecule has 0 unspecified atom stereocenters. The van der Waals surface area contributed by atoms with Crippen molar-refractivity contribution in [1.29, 1.82) is 0 Å². The smallest absolute Gasteiger partial charge is 0.340 e. The summed E-state index contributed by atoms with van der Waals surface area (Å²) in [4.78, 5) is 15.1. The van der Waals surface area contributed by atoms with E-state index < -0.39 is 0 Å². The molecule has 0 aliphatic rings. The second kappa shape index (κ2) is 6.43. The molecule has 20 heavy (non-hydrogen) atoms. The van der Waals surface area contributed by atoms with Crippen LogP contribution >= 0.6 is 11.3 Å². The first-order valence-electron chi connectivity index (χ1n) is 6.33. The normalized spacial score (nSPS) is 10.3. The molecule has 1 aromatic carbocycles. The number of hydrogen-bond acceptors (Lipinski definition) is 5. The second-order valence-electron chi connectivity index (χ2n) is 4.49. The summed E-state index contributed by atoms with van der Waals surface area (Å²) in [5.41, 5.74) is 7.84. The van der Waals surface area contributed by atoms with Gasteiger partial charge in [-0.05, 0) is 30.0 Å². The zero-order valence-corrected chi connectivity index (χ0v) is 12.4. The molecule has 0 amide bonds.